The molecule has 2 aromatic rings. The van der Waals surface area contributed by atoms with E-state index in [0.717, 1.165) is 5.75 Å². The highest BCUT2D eigenvalue weighted by Gasteiger charge is 2.09. The van der Waals surface area contributed by atoms with Gasteiger partial charge in [-0.2, -0.15) is 0 Å². The van der Waals surface area contributed by atoms with E-state index in [-0.39, 0.29) is 5.78 Å². The molecule has 0 aliphatic heterocycles. The van der Waals surface area contributed by atoms with Gasteiger partial charge in [-0.15, -0.1) is 0 Å². The number of benzene rings is 2. The van der Waals surface area contributed by atoms with Crippen LogP contribution in [0.15, 0.2) is 48.5 Å². The molecule has 0 aromatic heterocycles. The summed E-state index contributed by atoms with van der Waals surface area (Å²) in [5.41, 5.74) is 1.26. The van der Waals surface area contributed by atoms with Crippen LogP contribution in [0.25, 0.3) is 0 Å². The van der Waals surface area contributed by atoms with Crippen molar-refractivity contribution >= 4 is 5.78 Å². The van der Waals surface area contributed by atoms with Crippen LogP contribution < -0.4 is 9.47 Å². The van der Waals surface area contributed by atoms with E-state index in [9.17, 15) is 4.79 Å². The average molecular weight is 256 g/mol. The quantitative estimate of drug-likeness (QED) is 0.770. The summed E-state index contributed by atoms with van der Waals surface area (Å²) in [6.07, 6.45) is 0. The van der Waals surface area contributed by atoms with E-state index in [1.165, 1.54) is 0 Å². The van der Waals surface area contributed by atoms with Crippen LogP contribution in [0.3, 0.4) is 0 Å². The minimum atomic E-state index is -0.0239. The molecule has 0 fully saturated rings. The summed E-state index contributed by atoms with van der Waals surface area (Å²) in [6, 6.07) is 14.3. The van der Waals surface area contributed by atoms with Gasteiger partial charge in [0.1, 0.15) is 11.5 Å². The molecule has 2 aromatic carbocycles. The molecule has 19 heavy (non-hydrogen) atoms. The van der Waals surface area contributed by atoms with E-state index in [1.54, 1.807) is 43.5 Å². The van der Waals surface area contributed by atoms with E-state index in [2.05, 4.69) is 0 Å². The fraction of sp³-hybridized carbons (Fsp3) is 0.188. The summed E-state index contributed by atoms with van der Waals surface area (Å²) in [6.45, 7) is 2.50. The standard InChI is InChI=1S/C16H16O3/c1-3-19-15-6-4-5-13(11-15)16(17)12-7-9-14(18-2)10-8-12/h4-11H,3H2,1-2H3. The van der Waals surface area contributed by atoms with Gasteiger partial charge < -0.3 is 9.47 Å². The zero-order valence-corrected chi connectivity index (χ0v) is 11.1. The van der Waals surface area contributed by atoms with Crippen LogP contribution in [0, 0.1) is 0 Å². The third-order valence-corrected chi connectivity index (χ3v) is 2.76. The van der Waals surface area contributed by atoms with Crippen molar-refractivity contribution in [3.63, 3.8) is 0 Å². The van der Waals surface area contributed by atoms with Crippen molar-refractivity contribution in [2.45, 2.75) is 6.92 Å². The lowest BCUT2D eigenvalue weighted by Crippen LogP contribution is -2.02. The zero-order valence-electron chi connectivity index (χ0n) is 11.1. The molecule has 0 aliphatic carbocycles. The minimum absolute atomic E-state index is 0.0239. The Morgan fingerprint density at radius 2 is 1.74 bits per heavy atom. The second-order valence-electron chi connectivity index (χ2n) is 4.02. The SMILES string of the molecule is CCOc1cccc(C(=O)c2ccc(OC)cc2)c1. The van der Waals surface area contributed by atoms with E-state index < -0.39 is 0 Å². The molecule has 3 nitrogen and oxygen atoms in total. The predicted molar refractivity (Wildman–Crippen MR) is 74.0 cm³/mol. The Balaban J connectivity index is 2.24. The van der Waals surface area contributed by atoms with Gasteiger partial charge in [0.05, 0.1) is 13.7 Å². The Morgan fingerprint density at radius 3 is 2.37 bits per heavy atom. The predicted octanol–water partition coefficient (Wildman–Crippen LogP) is 3.32. The maximum Gasteiger partial charge on any atom is 0.193 e. The summed E-state index contributed by atoms with van der Waals surface area (Å²) in [7, 11) is 1.60. The number of carbonyl (C=O) groups is 1. The third-order valence-electron chi connectivity index (χ3n) is 2.76. The molecule has 0 spiro atoms. The van der Waals surface area contributed by atoms with E-state index in [4.69, 9.17) is 9.47 Å². The highest BCUT2D eigenvalue weighted by Crippen LogP contribution is 2.18. The molecule has 2 rings (SSSR count). The van der Waals surface area contributed by atoms with Crippen molar-refractivity contribution in [1.82, 2.24) is 0 Å². The van der Waals surface area contributed by atoms with E-state index >= 15 is 0 Å². The van der Waals surface area contributed by atoms with Gasteiger partial charge in [-0.05, 0) is 43.3 Å². The molecule has 98 valence electrons. The summed E-state index contributed by atoms with van der Waals surface area (Å²) < 4.78 is 10.5. The highest BCUT2D eigenvalue weighted by molar-refractivity contribution is 6.09. The monoisotopic (exact) mass is 256 g/mol. The molecule has 0 radical (unpaired) electrons. The summed E-state index contributed by atoms with van der Waals surface area (Å²) in [5.74, 6) is 1.42. The van der Waals surface area contributed by atoms with Gasteiger partial charge in [-0.1, -0.05) is 12.1 Å². The van der Waals surface area contributed by atoms with E-state index in [0.29, 0.717) is 23.5 Å². The average Bonchev–Trinajstić information content (AvgIpc) is 2.47. The number of hydrogen-bond acceptors (Lipinski definition) is 3. The van der Waals surface area contributed by atoms with Crippen molar-refractivity contribution in [3.05, 3.63) is 59.7 Å². The van der Waals surface area contributed by atoms with Crippen molar-refractivity contribution in [2.75, 3.05) is 13.7 Å². The lowest BCUT2D eigenvalue weighted by molar-refractivity contribution is 0.103. The lowest BCUT2D eigenvalue weighted by Gasteiger charge is -2.06. The maximum absolute atomic E-state index is 12.3. The van der Waals surface area contributed by atoms with Crippen LogP contribution in [0.2, 0.25) is 0 Å². The molecular weight excluding hydrogens is 240 g/mol. The molecule has 0 unspecified atom stereocenters. The van der Waals surface area contributed by atoms with Gasteiger partial charge in [0.15, 0.2) is 5.78 Å². The molecule has 0 heterocycles. The Kier molecular flexibility index (Phi) is 4.18. The fourth-order valence-corrected chi connectivity index (χ4v) is 1.80. The Labute approximate surface area is 112 Å². The first kappa shape index (κ1) is 13.1. The van der Waals surface area contributed by atoms with Crippen molar-refractivity contribution < 1.29 is 14.3 Å². The number of ether oxygens (including phenoxy) is 2. The van der Waals surface area contributed by atoms with Crippen molar-refractivity contribution in [3.8, 4) is 11.5 Å². The Hall–Kier alpha value is -2.29. The first-order chi connectivity index (χ1) is 9.24. The third kappa shape index (κ3) is 3.13. The second-order valence-corrected chi connectivity index (χ2v) is 4.02. The molecule has 0 aliphatic rings. The van der Waals surface area contributed by atoms with Crippen LogP contribution in [-0.2, 0) is 0 Å². The molecule has 0 saturated carbocycles. The summed E-state index contributed by atoms with van der Waals surface area (Å²) in [4.78, 5) is 12.3. The largest absolute Gasteiger partial charge is 0.497 e. The van der Waals surface area contributed by atoms with Gasteiger partial charge in [0, 0.05) is 11.1 Å². The molecule has 0 atom stereocenters. The highest BCUT2D eigenvalue weighted by atomic mass is 16.5. The number of rotatable bonds is 5. The number of ketones is 1. The molecule has 0 amide bonds. The van der Waals surface area contributed by atoms with Gasteiger partial charge in [-0.25, -0.2) is 0 Å². The van der Waals surface area contributed by atoms with Gasteiger partial charge in [-0.3, -0.25) is 4.79 Å². The Bertz CT molecular complexity index is 558. The van der Waals surface area contributed by atoms with E-state index in [1.807, 2.05) is 19.1 Å². The van der Waals surface area contributed by atoms with Gasteiger partial charge >= 0.3 is 0 Å². The second kappa shape index (κ2) is 6.05. The molecule has 0 bridgehead atoms. The van der Waals surface area contributed by atoms with Crippen LogP contribution in [-0.4, -0.2) is 19.5 Å². The molecule has 0 saturated heterocycles. The Morgan fingerprint density at radius 1 is 1.00 bits per heavy atom. The summed E-state index contributed by atoms with van der Waals surface area (Å²) >= 11 is 0. The van der Waals surface area contributed by atoms with Crippen molar-refractivity contribution in [2.24, 2.45) is 0 Å². The number of carbonyl (C=O) groups excluding carboxylic acids is 1. The van der Waals surface area contributed by atoms with Crippen LogP contribution >= 0.6 is 0 Å². The lowest BCUT2D eigenvalue weighted by atomic mass is 10.0. The molecule has 0 N–H and O–H groups in total. The van der Waals surface area contributed by atoms with Crippen molar-refractivity contribution in [1.29, 1.82) is 0 Å². The molecular formula is C16H16O3. The van der Waals surface area contributed by atoms with Gasteiger partial charge in [0.2, 0.25) is 0 Å². The molecule has 3 heteroatoms. The topological polar surface area (TPSA) is 35.5 Å². The summed E-state index contributed by atoms with van der Waals surface area (Å²) in [5, 5.41) is 0. The first-order valence-electron chi connectivity index (χ1n) is 6.16. The smallest absolute Gasteiger partial charge is 0.193 e. The van der Waals surface area contributed by atoms with Crippen LogP contribution in [0.4, 0.5) is 0 Å². The minimum Gasteiger partial charge on any atom is -0.497 e. The number of hydrogen-bond donors (Lipinski definition) is 0. The fourth-order valence-electron chi connectivity index (χ4n) is 1.80. The van der Waals surface area contributed by atoms with Crippen LogP contribution in [0.1, 0.15) is 22.8 Å². The zero-order chi connectivity index (χ0) is 13.7. The van der Waals surface area contributed by atoms with Crippen LogP contribution in [0.5, 0.6) is 11.5 Å². The normalized spacial score (nSPS) is 10.0. The van der Waals surface area contributed by atoms with Gasteiger partial charge in [0.25, 0.3) is 0 Å². The maximum atomic E-state index is 12.3. The first-order valence-corrected chi connectivity index (χ1v) is 6.16. The number of methoxy groups -OCH3 is 1.